The minimum atomic E-state index is -3.89. The van der Waals surface area contributed by atoms with Crippen molar-refractivity contribution in [3.8, 4) is 11.6 Å². The number of aromatic nitrogens is 1. The Morgan fingerprint density at radius 2 is 1.92 bits per heavy atom. The molecule has 7 atom stereocenters. The molecule has 14 nitrogen and oxygen atoms in total. The molecule has 1 aromatic carbocycles. The lowest BCUT2D eigenvalue weighted by Gasteiger charge is -2.32. The first-order chi connectivity index (χ1) is 23.8. The van der Waals surface area contributed by atoms with Crippen molar-refractivity contribution >= 4 is 44.6 Å². The Bertz CT molecular complexity index is 1800. The molecule has 4 amide bonds. The van der Waals surface area contributed by atoms with Crippen molar-refractivity contribution in [2.24, 2.45) is 17.8 Å². The van der Waals surface area contributed by atoms with Crippen LogP contribution < -0.4 is 24.8 Å². The number of sulfonamides is 1. The summed E-state index contributed by atoms with van der Waals surface area (Å²) in [6, 6.07) is 5.01. The van der Waals surface area contributed by atoms with Crippen LogP contribution in [0, 0.1) is 17.8 Å². The lowest BCUT2D eigenvalue weighted by molar-refractivity contribution is -0.142. The fraction of sp³-hybridized carbons (Fsp3) is 0.571. The van der Waals surface area contributed by atoms with Crippen LogP contribution in [0.1, 0.15) is 65.7 Å². The summed E-state index contributed by atoms with van der Waals surface area (Å²) in [5, 5.41) is 15.8. The molecule has 0 bridgehead atoms. The molecule has 0 unspecified atom stereocenters. The molecule has 50 heavy (non-hydrogen) atoms. The molecule has 0 spiro atoms. The van der Waals surface area contributed by atoms with E-state index >= 15 is 0 Å². The van der Waals surface area contributed by atoms with E-state index in [2.05, 4.69) is 20.3 Å². The second kappa shape index (κ2) is 14.1. The monoisotopic (exact) mass is 711 g/mol. The molecule has 1 saturated heterocycles. The van der Waals surface area contributed by atoms with Crippen molar-refractivity contribution in [3.05, 3.63) is 42.6 Å². The van der Waals surface area contributed by atoms with Gasteiger partial charge in [0.25, 0.3) is 5.91 Å². The third-order valence-electron chi connectivity index (χ3n) is 10.2. The number of pyridine rings is 1. The molecule has 2 aromatic rings. The number of allylic oxidation sites excluding steroid dienone is 1. The molecule has 4 aliphatic rings. The molecule has 15 heteroatoms. The number of hydrogen-bond acceptors (Lipinski definition) is 9. The molecule has 2 aliphatic heterocycles. The largest absolute Gasteiger partial charge is 0.494 e. The molecule has 4 N–H and O–H groups in total. The Hall–Kier alpha value is -4.40. The molecular formula is C35H45N5O9S. The van der Waals surface area contributed by atoms with E-state index in [1.165, 1.54) is 4.90 Å². The maximum absolute atomic E-state index is 14.3. The van der Waals surface area contributed by atoms with Crippen LogP contribution in [0.15, 0.2) is 42.6 Å². The van der Waals surface area contributed by atoms with Crippen LogP contribution >= 0.6 is 0 Å². The molecular weight excluding hydrogens is 666 g/mol. The van der Waals surface area contributed by atoms with Gasteiger partial charge in [-0.25, -0.2) is 18.2 Å². The average molecular weight is 712 g/mol. The zero-order chi connectivity index (χ0) is 35.8. The first-order valence-electron chi connectivity index (χ1n) is 17.3. The van der Waals surface area contributed by atoms with Gasteiger partial charge in [-0.1, -0.05) is 26.0 Å². The van der Waals surface area contributed by atoms with E-state index in [1.807, 2.05) is 51.1 Å². The summed E-state index contributed by atoms with van der Waals surface area (Å²) in [7, 11) is -3.89. The summed E-state index contributed by atoms with van der Waals surface area (Å²) >= 11 is 0. The predicted octanol–water partition coefficient (Wildman–Crippen LogP) is 3.11. The van der Waals surface area contributed by atoms with Crippen LogP contribution in [0.4, 0.5) is 4.79 Å². The Morgan fingerprint density at radius 1 is 1.14 bits per heavy atom. The molecule has 3 heterocycles. The quantitative estimate of drug-likeness (QED) is 0.296. The second-order valence-electron chi connectivity index (χ2n) is 14.1. The lowest BCUT2D eigenvalue weighted by Crippen LogP contribution is -2.59. The van der Waals surface area contributed by atoms with Gasteiger partial charge in [0.1, 0.15) is 29.5 Å². The highest BCUT2D eigenvalue weighted by atomic mass is 32.2. The van der Waals surface area contributed by atoms with E-state index in [4.69, 9.17) is 9.47 Å². The van der Waals surface area contributed by atoms with Gasteiger partial charge in [-0.3, -0.25) is 19.1 Å². The average Bonchev–Trinajstić information content (AvgIpc) is 3.98. The van der Waals surface area contributed by atoms with Crippen molar-refractivity contribution < 1.29 is 42.2 Å². The molecule has 6 rings (SSSR count). The van der Waals surface area contributed by atoms with Gasteiger partial charge in [-0.2, -0.15) is 0 Å². The Balaban J connectivity index is 1.32. The van der Waals surface area contributed by atoms with Crippen LogP contribution in [0.2, 0.25) is 0 Å². The van der Waals surface area contributed by atoms with Gasteiger partial charge in [0.15, 0.2) is 0 Å². The number of hydrogen-bond donors (Lipinski definition) is 4. The summed E-state index contributed by atoms with van der Waals surface area (Å²) in [6.07, 6.45) is 6.39. The highest BCUT2D eigenvalue weighted by Gasteiger charge is 2.62. The number of nitrogens with one attached hydrogen (secondary N) is 3. The standard InChI is InChI=1S/C35H45N5O9S/c1-4-48-24-9-12-27-22(16-24)13-14-36-31(27)49-25-17-28-30(41)38-35(33(43)39-50(46,47)26-10-11-26)18-23(35)8-6-5-7-20(2)15-21(3)29(37-34(44)45)32(42)40(28)19-25/h6,8-9,12-14,16,20-21,23,25-26,28-29,37H,4-5,7,10-11,15,17-19H2,1-3H3,(H,38,41)(H,39,43)(H,44,45)/b8-6-/t20-,21+,23+,25+,28-,29-,35+/m0/s1. The van der Waals surface area contributed by atoms with Crippen LogP contribution in [-0.2, 0) is 24.4 Å². The maximum Gasteiger partial charge on any atom is 0.405 e. The summed E-state index contributed by atoms with van der Waals surface area (Å²) in [6.45, 7) is 6.19. The lowest BCUT2D eigenvalue weighted by atomic mass is 9.88. The third-order valence-corrected chi connectivity index (χ3v) is 12.0. The number of ether oxygens (including phenoxy) is 2. The number of carbonyl (C=O) groups excluding carboxylic acids is 3. The fourth-order valence-electron chi connectivity index (χ4n) is 7.27. The zero-order valence-electron chi connectivity index (χ0n) is 28.5. The number of benzene rings is 1. The van der Waals surface area contributed by atoms with Gasteiger partial charge in [0.05, 0.1) is 18.4 Å². The van der Waals surface area contributed by atoms with Crippen molar-refractivity contribution in [1.29, 1.82) is 0 Å². The SMILES string of the molecule is CCOc1ccc2c(O[C@@H]3C[C@H]4C(=O)N[C@]5(C(=O)NS(=O)(=O)C6CC6)C[C@H]5/C=C\CC[C@H](C)C[C@@H](C)[C@H](NC(=O)O)C(=O)N4C3)nccc2c1. The number of nitrogens with zero attached hydrogens (tertiary/aromatic N) is 2. The number of carbonyl (C=O) groups is 4. The summed E-state index contributed by atoms with van der Waals surface area (Å²) < 4.78 is 39.7. The van der Waals surface area contributed by atoms with Crippen LogP contribution in [-0.4, -0.2) is 89.4 Å². The van der Waals surface area contributed by atoms with Gasteiger partial charge in [0, 0.05) is 23.9 Å². The van der Waals surface area contributed by atoms with Crippen molar-refractivity contribution in [1.82, 2.24) is 25.2 Å². The van der Waals surface area contributed by atoms with Crippen molar-refractivity contribution in [2.75, 3.05) is 13.2 Å². The maximum atomic E-state index is 14.3. The topological polar surface area (TPSA) is 193 Å². The Labute approximate surface area is 291 Å². The number of rotatable bonds is 8. The fourth-order valence-corrected chi connectivity index (χ4v) is 8.63. The van der Waals surface area contributed by atoms with Crippen LogP contribution in [0.5, 0.6) is 11.6 Å². The van der Waals surface area contributed by atoms with E-state index in [1.54, 1.807) is 12.3 Å². The Morgan fingerprint density at radius 3 is 2.64 bits per heavy atom. The van der Waals surface area contributed by atoms with E-state index in [0.29, 0.717) is 49.3 Å². The minimum absolute atomic E-state index is 0.0236. The Kier molecular flexibility index (Phi) is 9.98. The van der Waals surface area contributed by atoms with E-state index in [9.17, 15) is 32.7 Å². The third kappa shape index (κ3) is 7.52. The molecule has 2 aliphatic carbocycles. The van der Waals surface area contributed by atoms with Crippen molar-refractivity contribution in [3.63, 3.8) is 0 Å². The van der Waals surface area contributed by atoms with Crippen LogP contribution in [0.3, 0.4) is 0 Å². The highest BCUT2D eigenvalue weighted by Crippen LogP contribution is 2.46. The first kappa shape index (κ1) is 35.4. The van der Waals surface area contributed by atoms with Crippen molar-refractivity contribution in [2.45, 2.75) is 94.7 Å². The number of carboxylic acid groups (broad SMARTS) is 1. The van der Waals surface area contributed by atoms with E-state index in [0.717, 1.165) is 11.8 Å². The van der Waals surface area contributed by atoms with Gasteiger partial charge < -0.3 is 30.1 Å². The van der Waals surface area contributed by atoms with Gasteiger partial charge >= 0.3 is 6.09 Å². The smallest absolute Gasteiger partial charge is 0.405 e. The zero-order valence-corrected chi connectivity index (χ0v) is 29.3. The minimum Gasteiger partial charge on any atom is -0.494 e. The molecule has 1 aromatic heterocycles. The molecule has 0 radical (unpaired) electrons. The van der Waals surface area contributed by atoms with Gasteiger partial charge in [-0.05, 0) is 86.9 Å². The summed E-state index contributed by atoms with van der Waals surface area (Å²) in [4.78, 5) is 59.9. The summed E-state index contributed by atoms with van der Waals surface area (Å²) in [5.74, 6) is -1.78. The highest BCUT2D eigenvalue weighted by molar-refractivity contribution is 7.91. The molecule has 3 fully saturated rings. The van der Waals surface area contributed by atoms with Gasteiger partial charge in [0.2, 0.25) is 27.7 Å². The number of fused-ring (bicyclic) bond motifs is 3. The summed E-state index contributed by atoms with van der Waals surface area (Å²) in [5.41, 5.74) is -1.52. The first-order valence-corrected chi connectivity index (χ1v) is 18.9. The molecule has 270 valence electrons. The second-order valence-corrected chi connectivity index (χ2v) is 16.1. The normalized spacial score (nSPS) is 30.9. The van der Waals surface area contributed by atoms with E-state index < -0.39 is 74.7 Å². The van der Waals surface area contributed by atoms with E-state index in [-0.39, 0.29) is 25.3 Å². The predicted molar refractivity (Wildman–Crippen MR) is 183 cm³/mol. The molecule has 2 saturated carbocycles. The van der Waals surface area contributed by atoms with Gasteiger partial charge in [-0.15, -0.1) is 0 Å². The number of amides is 4. The van der Waals surface area contributed by atoms with Crippen LogP contribution in [0.25, 0.3) is 10.8 Å².